The summed E-state index contributed by atoms with van der Waals surface area (Å²) in [6, 6.07) is 5.05. The molecule has 2 heterocycles. The maximum Gasteiger partial charge on any atom is 0.294 e. The van der Waals surface area contributed by atoms with E-state index in [0.29, 0.717) is 23.7 Å². The molecule has 0 aliphatic carbocycles. The van der Waals surface area contributed by atoms with E-state index in [1.165, 1.54) is 24.3 Å². The van der Waals surface area contributed by atoms with Crippen LogP contribution in [0.2, 0.25) is 0 Å². The van der Waals surface area contributed by atoms with E-state index in [1.54, 1.807) is 6.07 Å². The number of rotatable bonds is 4. The molecule has 7 nitrogen and oxygen atoms in total. The predicted molar refractivity (Wildman–Crippen MR) is 94.3 cm³/mol. The van der Waals surface area contributed by atoms with Gasteiger partial charge < -0.3 is 5.32 Å². The van der Waals surface area contributed by atoms with Crippen LogP contribution in [-0.4, -0.2) is 54.5 Å². The number of amides is 3. The van der Waals surface area contributed by atoms with Gasteiger partial charge in [0.1, 0.15) is 12.4 Å². The van der Waals surface area contributed by atoms with Crippen molar-refractivity contribution in [2.75, 3.05) is 18.1 Å². The van der Waals surface area contributed by atoms with Gasteiger partial charge in [0.05, 0.1) is 16.4 Å². The number of imide groups is 1. The Kier molecular flexibility index (Phi) is 5.15. The molecular formula is C16H15FN2O5S2. The van der Waals surface area contributed by atoms with Gasteiger partial charge in [-0.15, -0.1) is 0 Å². The molecular weight excluding hydrogens is 383 g/mol. The maximum absolute atomic E-state index is 13.2. The van der Waals surface area contributed by atoms with Crippen molar-refractivity contribution < 1.29 is 27.2 Å². The molecule has 2 saturated heterocycles. The first-order valence-electron chi connectivity index (χ1n) is 7.74. The standard InChI is InChI=1S/C16H15FN2O5S2/c17-11-3-1-2-10(6-11)7-13-15(21)19(16(22)25-13)8-14(20)18-12-4-5-26(23,24)9-12/h1-3,6-7,12H,4-5,8-9H2,(H,18,20)/b13-7+/t12-/m0/s1. The minimum atomic E-state index is -3.14. The van der Waals surface area contributed by atoms with Crippen molar-refractivity contribution in [3.8, 4) is 0 Å². The van der Waals surface area contributed by atoms with Crippen molar-refractivity contribution in [2.24, 2.45) is 0 Å². The molecule has 1 N–H and O–H groups in total. The van der Waals surface area contributed by atoms with E-state index >= 15 is 0 Å². The largest absolute Gasteiger partial charge is 0.351 e. The van der Waals surface area contributed by atoms with E-state index in [1.807, 2.05) is 0 Å². The second-order valence-corrected chi connectivity index (χ2v) is 9.21. The van der Waals surface area contributed by atoms with Crippen LogP contribution < -0.4 is 5.32 Å². The summed E-state index contributed by atoms with van der Waals surface area (Å²) in [6.45, 7) is -0.484. The highest BCUT2D eigenvalue weighted by Crippen LogP contribution is 2.32. The predicted octanol–water partition coefficient (Wildman–Crippen LogP) is 1.17. The van der Waals surface area contributed by atoms with Crippen LogP contribution in [0, 0.1) is 5.82 Å². The van der Waals surface area contributed by atoms with Gasteiger partial charge >= 0.3 is 0 Å². The quantitative estimate of drug-likeness (QED) is 0.764. The molecule has 138 valence electrons. The third-order valence-electron chi connectivity index (χ3n) is 3.92. The number of nitrogens with zero attached hydrogens (tertiary/aromatic N) is 1. The molecule has 10 heteroatoms. The van der Waals surface area contributed by atoms with Crippen LogP contribution >= 0.6 is 11.8 Å². The average molecular weight is 398 g/mol. The first kappa shape index (κ1) is 18.6. The molecule has 2 fully saturated rings. The Labute approximate surface area is 153 Å². The van der Waals surface area contributed by atoms with Gasteiger partial charge in [-0.1, -0.05) is 12.1 Å². The van der Waals surface area contributed by atoms with Crippen LogP contribution in [0.4, 0.5) is 9.18 Å². The molecule has 1 atom stereocenters. The number of carbonyl (C=O) groups is 3. The van der Waals surface area contributed by atoms with Gasteiger partial charge in [0.15, 0.2) is 9.84 Å². The number of nitrogens with one attached hydrogen (secondary N) is 1. The summed E-state index contributed by atoms with van der Waals surface area (Å²) in [6.07, 6.45) is 1.70. The van der Waals surface area contributed by atoms with Gasteiger partial charge in [-0.2, -0.15) is 0 Å². The number of carbonyl (C=O) groups excluding carboxylic acids is 3. The summed E-state index contributed by atoms with van der Waals surface area (Å²) in [5.74, 6) is -1.83. The lowest BCUT2D eigenvalue weighted by atomic mass is 10.2. The number of thioether (sulfide) groups is 1. The Morgan fingerprint density at radius 3 is 2.81 bits per heavy atom. The minimum Gasteiger partial charge on any atom is -0.351 e. The van der Waals surface area contributed by atoms with Crippen molar-refractivity contribution >= 4 is 44.7 Å². The monoisotopic (exact) mass is 398 g/mol. The summed E-state index contributed by atoms with van der Waals surface area (Å²) in [5.41, 5.74) is 0.427. The molecule has 2 aliphatic heterocycles. The molecule has 0 aromatic heterocycles. The SMILES string of the molecule is O=C(CN1C(=O)S/C(=C/c2cccc(F)c2)C1=O)N[C@H]1CCS(=O)(=O)C1. The second kappa shape index (κ2) is 7.20. The van der Waals surface area contributed by atoms with Gasteiger partial charge in [-0.05, 0) is 42.0 Å². The van der Waals surface area contributed by atoms with Gasteiger partial charge in [0.2, 0.25) is 5.91 Å². The van der Waals surface area contributed by atoms with Gasteiger partial charge in [-0.25, -0.2) is 12.8 Å². The van der Waals surface area contributed by atoms with Gasteiger partial charge in [0, 0.05) is 6.04 Å². The molecule has 2 aliphatic rings. The lowest BCUT2D eigenvalue weighted by Crippen LogP contribution is -2.43. The highest BCUT2D eigenvalue weighted by molar-refractivity contribution is 8.18. The van der Waals surface area contributed by atoms with Crippen molar-refractivity contribution in [3.63, 3.8) is 0 Å². The fraction of sp³-hybridized carbons (Fsp3) is 0.312. The molecule has 0 saturated carbocycles. The van der Waals surface area contributed by atoms with Crippen LogP contribution in [-0.2, 0) is 19.4 Å². The van der Waals surface area contributed by atoms with Crippen LogP contribution in [0.5, 0.6) is 0 Å². The first-order valence-corrected chi connectivity index (χ1v) is 10.4. The molecule has 3 amide bonds. The first-order chi connectivity index (χ1) is 12.2. The number of benzene rings is 1. The highest BCUT2D eigenvalue weighted by atomic mass is 32.2. The molecule has 26 heavy (non-hydrogen) atoms. The average Bonchev–Trinajstić information content (AvgIpc) is 3.01. The van der Waals surface area contributed by atoms with E-state index in [4.69, 9.17) is 0 Å². The van der Waals surface area contributed by atoms with Gasteiger partial charge in [-0.3, -0.25) is 19.3 Å². The van der Waals surface area contributed by atoms with Crippen LogP contribution in [0.1, 0.15) is 12.0 Å². The van der Waals surface area contributed by atoms with E-state index < -0.39 is 45.3 Å². The molecule has 0 radical (unpaired) electrons. The van der Waals surface area contributed by atoms with E-state index in [0.717, 1.165) is 4.90 Å². The van der Waals surface area contributed by atoms with Crippen LogP contribution in [0.3, 0.4) is 0 Å². The van der Waals surface area contributed by atoms with Crippen molar-refractivity contribution in [1.29, 1.82) is 0 Å². The Morgan fingerprint density at radius 2 is 2.15 bits per heavy atom. The third-order valence-corrected chi connectivity index (χ3v) is 6.59. The fourth-order valence-electron chi connectivity index (χ4n) is 2.71. The van der Waals surface area contributed by atoms with E-state index in [-0.39, 0.29) is 16.4 Å². The van der Waals surface area contributed by atoms with Crippen molar-refractivity contribution in [1.82, 2.24) is 10.2 Å². The summed E-state index contributed by atoms with van der Waals surface area (Å²) in [5, 5.41) is 1.93. The normalized spacial score (nSPS) is 23.7. The molecule has 1 aromatic rings. The zero-order valence-electron chi connectivity index (χ0n) is 13.5. The molecule has 1 aromatic carbocycles. The fourth-order valence-corrected chi connectivity index (χ4v) is 5.22. The topological polar surface area (TPSA) is 101 Å². The summed E-state index contributed by atoms with van der Waals surface area (Å²) < 4.78 is 36.0. The summed E-state index contributed by atoms with van der Waals surface area (Å²) >= 11 is 0.667. The zero-order chi connectivity index (χ0) is 18.9. The molecule has 0 unspecified atom stereocenters. The Bertz CT molecular complexity index is 913. The maximum atomic E-state index is 13.2. The molecule has 3 rings (SSSR count). The smallest absolute Gasteiger partial charge is 0.294 e. The zero-order valence-corrected chi connectivity index (χ0v) is 15.1. The lowest BCUT2D eigenvalue weighted by Gasteiger charge is -2.15. The minimum absolute atomic E-state index is 0.00982. The van der Waals surface area contributed by atoms with Crippen LogP contribution in [0.25, 0.3) is 6.08 Å². The number of sulfone groups is 1. The van der Waals surface area contributed by atoms with Crippen molar-refractivity contribution in [2.45, 2.75) is 12.5 Å². The van der Waals surface area contributed by atoms with Crippen LogP contribution in [0.15, 0.2) is 29.2 Å². The van der Waals surface area contributed by atoms with E-state index in [9.17, 15) is 27.2 Å². The molecule has 0 spiro atoms. The lowest BCUT2D eigenvalue weighted by molar-refractivity contribution is -0.129. The second-order valence-electron chi connectivity index (χ2n) is 5.99. The Morgan fingerprint density at radius 1 is 1.38 bits per heavy atom. The summed E-state index contributed by atoms with van der Waals surface area (Å²) in [4.78, 5) is 37.2. The Balaban J connectivity index is 1.65. The highest BCUT2D eigenvalue weighted by Gasteiger charge is 2.37. The number of hydrogen-bond acceptors (Lipinski definition) is 6. The van der Waals surface area contributed by atoms with Crippen molar-refractivity contribution in [3.05, 3.63) is 40.6 Å². The third kappa shape index (κ3) is 4.31. The van der Waals surface area contributed by atoms with Gasteiger partial charge in [0.25, 0.3) is 11.1 Å². The number of halogens is 1. The summed E-state index contributed by atoms with van der Waals surface area (Å²) in [7, 11) is -3.14. The van der Waals surface area contributed by atoms with E-state index in [2.05, 4.69) is 5.32 Å². The Hall–Kier alpha value is -2.20. The number of hydrogen-bond donors (Lipinski definition) is 1. The molecule has 0 bridgehead atoms.